The fraction of sp³-hybridized carbons (Fsp3) is 0.350. The number of quaternary nitrogens is 1. The molecular formula is C20H27N4O4S+. The molecule has 2 aromatic rings. The maximum Gasteiger partial charge on any atom is 0.282 e. The fourth-order valence-corrected chi connectivity index (χ4v) is 3.97. The Balaban J connectivity index is 1.55. The molecule has 1 aliphatic rings. The van der Waals surface area contributed by atoms with Gasteiger partial charge >= 0.3 is 0 Å². The number of methoxy groups -OCH3 is 1. The Morgan fingerprint density at radius 1 is 1.17 bits per heavy atom. The van der Waals surface area contributed by atoms with Gasteiger partial charge in [0.05, 0.1) is 38.2 Å². The monoisotopic (exact) mass is 419 g/mol. The SMILES string of the molecule is COc1cccc(N2CC[NH+]([C@@H](C)C(=O)Nc3ccc(S(N)(=O)=O)cc3)CC2)c1. The Hall–Kier alpha value is -2.62. The summed E-state index contributed by atoms with van der Waals surface area (Å²) in [7, 11) is -2.09. The van der Waals surface area contributed by atoms with Crippen molar-refractivity contribution in [3.05, 3.63) is 48.5 Å². The molecule has 1 aliphatic heterocycles. The lowest BCUT2D eigenvalue weighted by Gasteiger charge is -2.36. The fourth-order valence-electron chi connectivity index (χ4n) is 3.46. The van der Waals surface area contributed by atoms with Gasteiger partial charge in [-0.25, -0.2) is 13.6 Å². The van der Waals surface area contributed by atoms with Crippen LogP contribution < -0.4 is 25.0 Å². The minimum Gasteiger partial charge on any atom is -0.497 e. The van der Waals surface area contributed by atoms with Gasteiger partial charge in [-0.3, -0.25) is 4.79 Å². The Labute approximate surface area is 171 Å². The van der Waals surface area contributed by atoms with Gasteiger partial charge in [0.1, 0.15) is 5.75 Å². The highest BCUT2D eigenvalue weighted by molar-refractivity contribution is 7.89. The van der Waals surface area contributed by atoms with Crippen LogP contribution in [-0.2, 0) is 14.8 Å². The predicted molar refractivity (Wildman–Crippen MR) is 112 cm³/mol. The van der Waals surface area contributed by atoms with E-state index < -0.39 is 10.0 Å². The maximum atomic E-state index is 12.6. The van der Waals surface area contributed by atoms with Crippen molar-refractivity contribution in [2.75, 3.05) is 43.5 Å². The zero-order chi connectivity index (χ0) is 21.0. The number of primary sulfonamides is 1. The van der Waals surface area contributed by atoms with Gasteiger partial charge in [-0.15, -0.1) is 0 Å². The molecule has 1 atom stereocenters. The van der Waals surface area contributed by atoms with Crippen LogP contribution in [0.3, 0.4) is 0 Å². The van der Waals surface area contributed by atoms with Crippen LogP contribution in [0.4, 0.5) is 11.4 Å². The molecule has 0 bridgehead atoms. The van der Waals surface area contributed by atoms with Crippen LogP contribution in [0.25, 0.3) is 0 Å². The third-order valence-corrected chi connectivity index (χ3v) is 6.21. The van der Waals surface area contributed by atoms with Crippen LogP contribution in [0, 0.1) is 0 Å². The number of carbonyl (C=O) groups excluding carboxylic acids is 1. The predicted octanol–water partition coefficient (Wildman–Crippen LogP) is 0.0747. The molecule has 2 aromatic carbocycles. The highest BCUT2D eigenvalue weighted by atomic mass is 32.2. The third-order valence-electron chi connectivity index (χ3n) is 5.28. The Bertz CT molecular complexity index is 955. The van der Waals surface area contributed by atoms with E-state index in [1.807, 2.05) is 25.1 Å². The minimum atomic E-state index is -3.74. The van der Waals surface area contributed by atoms with Crippen LogP contribution in [0.2, 0.25) is 0 Å². The van der Waals surface area contributed by atoms with Crippen molar-refractivity contribution in [3.8, 4) is 5.75 Å². The van der Waals surface area contributed by atoms with Gasteiger partial charge < -0.3 is 19.9 Å². The summed E-state index contributed by atoms with van der Waals surface area (Å²) in [5, 5.41) is 7.94. The zero-order valence-corrected chi connectivity index (χ0v) is 17.4. The van der Waals surface area contributed by atoms with Crippen LogP contribution in [0.5, 0.6) is 5.75 Å². The zero-order valence-electron chi connectivity index (χ0n) is 16.6. The Morgan fingerprint density at radius 3 is 2.41 bits per heavy atom. The molecule has 3 rings (SSSR count). The minimum absolute atomic E-state index is 0.0165. The molecule has 8 nitrogen and oxygen atoms in total. The van der Waals surface area contributed by atoms with Gasteiger partial charge in [-0.2, -0.15) is 0 Å². The standard InChI is InChI=1S/C20H26N4O4S/c1-15(20(25)22-16-6-8-19(9-7-16)29(21,26)27)23-10-12-24(13-11-23)17-4-3-5-18(14-17)28-2/h3-9,14-15H,10-13H2,1-2H3,(H,22,25)(H2,21,26,27)/p+1/t15-/m0/s1. The average Bonchev–Trinajstić information content (AvgIpc) is 2.73. The molecule has 0 aliphatic carbocycles. The largest absolute Gasteiger partial charge is 0.497 e. The van der Waals surface area contributed by atoms with Gasteiger partial charge in [-0.1, -0.05) is 6.07 Å². The summed E-state index contributed by atoms with van der Waals surface area (Å²) in [4.78, 5) is 16.1. The number of rotatable bonds is 6. The van der Waals surface area contributed by atoms with Crippen molar-refractivity contribution in [1.82, 2.24) is 0 Å². The average molecular weight is 420 g/mol. The second-order valence-corrected chi connectivity index (χ2v) is 8.69. The van der Waals surface area contributed by atoms with E-state index in [0.29, 0.717) is 5.69 Å². The third kappa shape index (κ3) is 5.26. The summed E-state index contributed by atoms with van der Waals surface area (Å²) in [5.74, 6) is 0.733. The summed E-state index contributed by atoms with van der Waals surface area (Å²) < 4.78 is 27.9. The molecule has 0 radical (unpaired) electrons. The number of hydrogen-bond donors (Lipinski definition) is 3. The lowest BCUT2D eigenvalue weighted by molar-refractivity contribution is -0.914. The van der Waals surface area contributed by atoms with Crippen LogP contribution >= 0.6 is 0 Å². The van der Waals surface area contributed by atoms with Crippen LogP contribution in [0.15, 0.2) is 53.4 Å². The number of amides is 1. The van der Waals surface area contributed by atoms with Crippen molar-refractivity contribution in [2.45, 2.75) is 17.9 Å². The molecule has 1 heterocycles. The molecule has 1 saturated heterocycles. The van der Waals surface area contributed by atoms with Gasteiger partial charge in [0, 0.05) is 17.4 Å². The molecule has 29 heavy (non-hydrogen) atoms. The van der Waals surface area contributed by atoms with Crippen molar-refractivity contribution in [3.63, 3.8) is 0 Å². The number of nitrogens with two attached hydrogens (primary N) is 1. The van der Waals surface area contributed by atoms with Crippen molar-refractivity contribution >= 4 is 27.3 Å². The lowest BCUT2D eigenvalue weighted by Crippen LogP contribution is -3.19. The molecule has 1 fully saturated rings. The van der Waals surface area contributed by atoms with Crippen molar-refractivity contribution < 1.29 is 22.8 Å². The first kappa shape index (κ1) is 21.1. The molecule has 4 N–H and O–H groups in total. The molecule has 9 heteroatoms. The number of nitrogens with zero attached hydrogens (tertiary/aromatic N) is 1. The molecule has 0 aromatic heterocycles. The van der Waals surface area contributed by atoms with Crippen molar-refractivity contribution in [2.24, 2.45) is 5.14 Å². The van der Waals surface area contributed by atoms with E-state index in [1.165, 1.54) is 17.0 Å². The van der Waals surface area contributed by atoms with Crippen LogP contribution in [0.1, 0.15) is 6.92 Å². The van der Waals surface area contributed by atoms with Crippen LogP contribution in [-0.4, -0.2) is 53.7 Å². The molecule has 156 valence electrons. The number of carbonyl (C=O) groups is 1. The number of piperazine rings is 1. The molecule has 0 saturated carbocycles. The second kappa shape index (κ2) is 8.81. The molecular weight excluding hydrogens is 392 g/mol. The quantitative estimate of drug-likeness (QED) is 0.615. The number of nitrogens with one attached hydrogen (secondary N) is 2. The van der Waals surface area contributed by atoms with E-state index in [-0.39, 0.29) is 16.8 Å². The highest BCUT2D eigenvalue weighted by Crippen LogP contribution is 2.20. The van der Waals surface area contributed by atoms with E-state index in [2.05, 4.69) is 16.3 Å². The first-order valence-corrected chi connectivity index (χ1v) is 11.0. The molecule has 0 unspecified atom stereocenters. The smallest absolute Gasteiger partial charge is 0.282 e. The summed E-state index contributed by atoms with van der Waals surface area (Å²) in [6, 6.07) is 13.6. The second-order valence-electron chi connectivity index (χ2n) is 7.13. The number of ether oxygens (including phenoxy) is 1. The van der Waals surface area contributed by atoms with E-state index in [0.717, 1.165) is 37.6 Å². The summed E-state index contributed by atoms with van der Waals surface area (Å²) in [5.41, 5.74) is 1.67. The number of anilines is 2. The highest BCUT2D eigenvalue weighted by Gasteiger charge is 2.29. The first-order chi connectivity index (χ1) is 13.8. The first-order valence-electron chi connectivity index (χ1n) is 9.45. The summed E-state index contributed by atoms with van der Waals surface area (Å²) >= 11 is 0. The van der Waals surface area contributed by atoms with Gasteiger partial charge in [0.15, 0.2) is 6.04 Å². The number of sulfonamides is 1. The number of hydrogen-bond acceptors (Lipinski definition) is 5. The van der Waals surface area contributed by atoms with E-state index >= 15 is 0 Å². The number of benzene rings is 2. The molecule has 1 amide bonds. The van der Waals surface area contributed by atoms with Gasteiger partial charge in [0.2, 0.25) is 10.0 Å². The maximum absolute atomic E-state index is 12.6. The van der Waals surface area contributed by atoms with E-state index in [1.54, 1.807) is 19.2 Å². The van der Waals surface area contributed by atoms with E-state index in [4.69, 9.17) is 9.88 Å². The summed E-state index contributed by atoms with van der Waals surface area (Å²) in [6.07, 6.45) is 0. The molecule has 0 spiro atoms. The van der Waals surface area contributed by atoms with Crippen molar-refractivity contribution in [1.29, 1.82) is 0 Å². The van der Waals surface area contributed by atoms with Gasteiger partial charge in [0.25, 0.3) is 5.91 Å². The Kier molecular flexibility index (Phi) is 6.41. The normalized spacial score (nSPS) is 16.3. The lowest BCUT2D eigenvalue weighted by atomic mass is 10.2. The summed E-state index contributed by atoms with van der Waals surface area (Å²) in [6.45, 7) is 5.29. The van der Waals surface area contributed by atoms with Gasteiger partial charge in [-0.05, 0) is 43.3 Å². The van der Waals surface area contributed by atoms with E-state index in [9.17, 15) is 13.2 Å². The topological polar surface area (TPSA) is 106 Å². The Morgan fingerprint density at radius 2 is 1.83 bits per heavy atom.